The van der Waals surface area contributed by atoms with Crippen LogP contribution >= 0.6 is 23.1 Å². The number of rotatable bonds is 6. The first-order chi connectivity index (χ1) is 7.74. The Morgan fingerprint density at radius 2 is 2.50 bits per heavy atom. The van der Waals surface area contributed by atoms with E-state index in [2.05, 4.69) is 4.98 Å². The number of methoxy groups -OCH3 is 1. The Morgan fingerprint density at radius 1 is 1.69 bits per heavy atom. The van der Waals surface area contributed by atoms with Crippen molar-refractivity contribution in [2.24, 2.45) is 5.41 Å². The number of hydrogen-bond donors (Lipinski definition) is 0. The second-order valence-corrected chi connectivity index (χ2v) is 6.14. The SMILES string of the molecule is COC(=O)CC1(CSCc2nccs2)CC1. The Hall–Kier alpha value is -0.550. The highest BCUT2D eigenvalue weighted by Crippen LogP contribution is 2.51. The molecule has 1 saturated carbocycles. The van der Waals surface area contributed by atoms with Gasteiger partial charge in [0.1, 0.15) is 5.01 Å². The van der Waals surface area contributed by atoms with E-state index in [-0.39, 0.29) is 11.4 Å². The monoisotopic (exact) mass is 257 g/mol. The molecule has 3 nitrogen and oxygen atoms in total. The lowest BCUT2D eigenvalue weighted by Gasteiger charge is -2.12. The summed E-state index contributed by atoms with van der Waals surface area (Å²) in [6.45, 7) is 0. The Morgan fingerprint density at radius 3 is 3.06 bits per heavy atom. The smallest absolute Gasteiger partial charge is 0.306 e. The fourth-order valence-corrected chi connectivity index (χ4v) is 3.70. The molecule has 88 valence electrons. The molecule has 1 aliphatic carbocycles. The molecule has 1 fully saturated rings. The highest BCUT2D eigenvalue weighted by atomic mass is 32.2. The number of ether oxygens (including phenoxy) is 1. The average Bonchev–Trinajstić information content (AvgIpc) is 2.83. The van der Waals surface area contributed by atoms with E-state index in [1.54, 1.807) is 11.3 Å². The third-order valence-electron chi connectivity index (χ3n) is 2.82. The van der Waals surface area contributed by atoms with Crippen LogP contribution in [-0.4, -0.2) is 23.8 Å². The molecule has 1 aliphatic rings. The van der Waals surface area contributed by atoms with Crippen molar-refractivity contribution in [3.8, 4) is 0 Å². The van der Waals surface area contributed by atoms with Crippen molar-refractivity contribution in [3.63, 3.8) is 0 Å². The van der Waals surface area contributed by atoms with Crippen molar-refractivity contribution in [1.82, 2.24) is 4.98 Å². The third-order valence-corrected chi connectivity index (χ3v) is 5.08. The van der Waals surface area contributed by atoms with Crippen LogP contribution < -0.4 is 0 Å². The van der Waals surface area contributed by atoms with E-state index in [0.717, 1.165) is 24.3 Å². The molecule has 1 aromatic rings. The van der Waals surface area contributed by atoms with Gasteiger partial charge in [-0.2, -0.15) is 11.8 Å². The lowest BCUT2D eigenvalue weighted by atomic mass is 10.1. The van der Waals surface area contributed by atoms with E-state index in [4.69, 9.17) is 4.74 Å². The van der Waals surface area contributed by atoms with Gasteiger partial charge in [-0.15, -0.1) is 11.3 Å². The molecule has 0 aliphatic heterocycles. The summed E-state index contributed by atoms with van der Waals surface area (Å²) in [5.74, 6) is 1.93. The molecular formula is C11H15NO2S2. The maximum absolute atomic E-state index is 11.2. The van der Waals surface area contributed by atoms with Gasteiger partial charge in [-0.1, -0.05) is 0 Å². The summed E-state index contributed by atoms with van der Waals surface area (Å²) >= 11 is 3.56. The Labute approximate surface area is 104 Å². The van der Waals surface area contributed by atoms with Crippen LogP contribution in [0.1, 0.15) is 24.3 Å². The van der Waals surface area contributed by atoms with Crippen LogP contribution in [0, 0.1) is 5.41 Å². The molecule has 0 unspecified atom stereocenters. The first kappa shape index (κ1) is 11.9. The minimum absolute atomic E-state index is 0.0765. The topological polar surface area (TPSA) is 39.2 Å². The zero-order valence-electron chi connectivity index (χ0n) is 9.27. The zero-order chi connectivity index (χ0) is 11.4. The molecule has 2 rings (SSSR count). The molecule has 1 aromatic heterocycles. The van der Waals surface area contributed by atoms with Crippen molar-refractivity contribution in [2.75, 3.05) is 12.9 Å². The number of carbonyl (C=O) groups excluding carboxylic acids is 1. The number of hydrogen-bond acceptors (Lipinski definition) is 5. The van der Waals surface area contributed by atoms with Gasteiger partial charge in [0.15, 0.2) is 0 Å². The van der Waals surface area contributed by atoms with E-state index in [0.29, 0.717) is 6.42 Å². The number of carbonyl (C=O) groups is 1. The molecule has 0 radical (unpaired) electrons. The van der Waals surface area contributed by atoms with E-state index < -0.39 is 0 Å². The van der Waals surface area contributed by atoms with Crippen LogP contribution in [0.15, 0.2) is 11.6 Å². The van der Waals surface area contributed by atoms with Gasteiger partial charge in [0.2, 0.25) is 0 Å². The molecule has 0 bridgehead atoms. The van der Waals surface area contributed by atoms with Crippen LogP contribution in [0.4, 0.5) is 0 Å². The molecule has 0 amide bonds. The Balaban J connectivity index is 1.71. The standard InChI is InChI=1S/C11H15NO2S2/c1-14-10(13)6-11(2-3-11)8-15-7-9-12-4-5-16-9/h4-5H,2-3,6-8H2,1H3. The normalized spacial score (nSPS) is 17.1. The highest BCUT2D eigenvalue weighted by molar-refractivity contribution is 7.98. The summed E-state index contributed by atoms with van der Waals surface area (Å²) in [6, 6.07) is 0. The van der Waals surface area contributed by atoms with Crippen LogP contribution in [0.25, 0.3) is 0 Å². The van der Waals surface area contributed by atoms with E-state index in [1.165, 1.54) is 12.1 Å². The fourth-order valence-electron chi connectivity index (χ4n) is 1.61. The molecule has 0 aromatic carbocycles. The molecule has 1 heterocycles. The van der Waals surface area contributed by atoms with Crippen molar-refractivity contribution >= 4 is 29.1 Å². The first-order valence-corrected chi connectivity index (χ1v) is 7.30. The van der Waals surface area contributed by atoms with Crippen LogP contribution in [0.5, 0.6) is 0 Å². The molecule has 0 saturated heterocycles. The predicted molar refractivity (Wildman–Crippen MR) is 66.6 cm³/mol. The summed E-state index contributed by atoms with van der Waals surface area (Å²) in [5.41, 5.74) is 0.231. The minimum Gasteiger partial charge on any atom is -0.469 e. The van der Waals surface area contributed by atoms with Crippen molar-refractivity contribution < 1.29 is 9.53 Å². The van der Waals surface area contributed by atoms with Crippen molar-refractivity contribution in [1.29, 1.82) is 0 Å². The highest BCUT2D eigenvalue weighted by Gasteiger charge is 2.44. The fraction of sp³-hybridized carbons (Fsp3) is 0.636. The summed E-state index contributed by atoms with van der Waals surface area (Å²) in [5, 5.41) is 3.16. The van der Waals surface area contributed by atoms with Gasteiger partial charge < -0.3 is 4.74 Å². The Kier molecular flexibility index (Phi) is 3.86. The van der Waals surface area contributed by atoms with Crippen LogP contribution in [-0.2, 0) is 15.3 Å². The van der Waals surface area contributed by atoms with Crippen molar-refractivity contribution in [3.05, 3.63) is 16.6 Å². The predicted octanol–water partition coefficient (Wildman–Crippen LogP) is 2.72. The number of esters is 1. The molecule has 0 N–H and O–H groups in total. The summed E-state index contributed by atoms with van der Waals surface area (Å²) in [6.07, 6.45) is 4.73. The van der Waals surface area contributed by atoms with Gasteiger partial charge in [0.05, 0.1) is 13.5 Å². The quantitative estimate of drug-likeness (QED) is 0.735. The van der Waals surface area contributed by atoms with E-state index >= 15 is 0 Å². The lowest BCUT2D eigenvalue weighted by molar-refractivity contribution is -0.141. The summed E-state index contributed by atoms with van der Waals surface area (Å²) in [4.78, 5) is 15.5. The molecular weight excluding hydrogens is 242 g/mol. The van der Waals surface area contributed by atoms with Crippen LogP contribution in [0.2, 0.25) is 0 Å². The second kappa shape index (κ2) is 5.19. The lowest BCUT2D eigenvalue weighted by Crippen LogP contribution is -2.13. The van der Waals surface area contributed by atoms with Gasteiger partial charge in [-0.25, -0.2) is 4.98 Å². The van der Waals surface area contributed by atoms with Gasteiger partial charge >= 0.3 is 5.97 Å². The molecule has 5 heteroatoms. The molecule has 16 heavy (non-hydrogen) atoms. The van der Waals surface area contributed by atoms with E-state index in [9.17, 15) is 4.79 Å². The first-order valence-electron chi connectivity index (χ1n) is 5.27. The summed E-state index contributed by atoms with van der Waals surface area (Å²) in [7, 11) is 1.46. The molecule has 0 atom stereocenters. The molecule has 0 spiro atoms. The largest absolute Gasteiger partial charge is 0.469 e. The maximum Gasteiger partial charge on any atom is 0.306 e. The van der Waals surface area contributed by atoms with Gasteiger partial charge in [0.25, 0.3) is 0 Å². The number of thiazole rings is 1. The van der Waals surface area contributed by atoms with Crippen molar-refractivity contribution in [2.45, 2.75) is 25.0 Å². The number of thioether (sulfide) groups is 1. The van der Waals surface area contributed by atoms with Crippen LogP contribution in [0.3, 0.4) is 0 Å². The maximum atomic E-state index is 11.2. The summed E-state index contributed by atoms with van der Waals surface area (Å²) < 4.78 is 4.72. The number of nitrogens with zero attached hydrogens (tertiary/aromatic N) is 1. The second-order valence-electron chi connectivity index (χ2n) is 4.17. The number of aromatic nitrogens is 1. The minimum atomic E-state index is -0.0765. The average molecular weight is 257 g/mol. The van der Waals surface area contributed by atoms with Gasteiger partial charge in [-0.05, 0) is 24.0 Å². The Bertz CT molecular complexity index is 347. The zero-order valence-corrected chi connectivity index (χ0v) is 10.9. The van der Waals surface area contributed by atoms with E-state index in [1.807, 2.05) is 23.3 Å². The third kappa shape index (κ3) is 3.22. The van der Waals surface area contributed by atoms with Gasteiger partial charge in [0, 0.05) is 17.3 Å². The van der Waals surface area contributed by atoms with Gasteiger partial charge in [-0.3, -0.25) is 4.79 Å².